The molecule has 115 heavy (non-hydrogen) atoms. The van der Waals surface area contributed by atoms with Crippen LogP contribution in [0.3, 0.4) is 0 Å². The van der Waals surface area contributed by atoms with Crippen molar-refractivity contribution < 1.29 is 143 Å². The van der Waals surface area contributed by atoms with Gasteiger partial charge in [0.1, 0.15) is 0 Å². The molecule has 6 N–H and O–H groups in total. The normalized spacial score (nSPS) is 13.5. The van der Waals surface area contributed by atoms with Gasteiger partial charge in [-0.2, -0.15) is 0 Å². The first-order valence-electron chi connectivity index (χ1n) is 40.6. The van der Waals surface area contributed by atoms with Gasteiger partial charge in [0.05, 0.1) is 159 Å². The molecule has 656 valence electrons. The van der Waals surface area contributed by atoms with E-state index in [1.165, 1.54) is 0 Å². The maximum absolute atomic E-state index is 12.6. The van der Waals surface area contributed by atoms with E-state index in [0.29, 0.717) is 133 Å². The molecule has 0 radical (unpaired) electrons. The fourth-order valence-corrected chi connectivity index (χ4v) is 10.7. The third-order valence-electron chi connectivity index (χ3n) is 17.1. The summed E-state index contributed by atoms with van der Waals surface area (Å²) >= 11 is 0. The fraction of sp³-hybridized carbons (Fsp3) is 0.803. The minimum atomic E-state index is -0.606. The number of rotatable bonds is 78. The zero-order valence-corrected chi connectivity index (χ0v) is 67.1. The number of unbranched alkanes of at least 4 members (excludes halogenated alkanes) is 12. The lowest BCUT2D eigenvalue weighted by Gasteiger charge is -2.18. The Kier molecular flexibility index (Phi) is 61.1. The van der Waals surface area contributed by atoms with Gasteiger partial charge in [-0.3, -0.25) is 57.5 Å². The van der Waals surface area contributed by atoms with Gasteiger partial charge in [0.15, 0.2) is 0 Å². The van der Waals surface area contributed by atoms with Crippen LogP contribution < -0.4 is 31.9 Å². The number of carbonyl (C=O) groups is 15. The molecule has 3 heterocycles. The molecule has 39 heteroatoms. The number of hydroxylamine groups is 6. The van der Waals surface area contributed by atoms with Gasteiger partial charge >= 0.3 is 17.9 Å². The summed E-state index contributed by atoms with van der Waals surface area (Å²) in [6.07, 6.45) is 13.1. The molecule has 3 aliphatic heterocycles. The first-order valence-corrected chi connectivity index (χ1v) is 40.6. The van der Waals surface area contributed by atoms with Gasteiger partial charge in [0, 0.05) is 141 Å². The van der Waals surface area contributed by atoms with E-state index in [-0.39, 0.29) is 237 Å². The maximum atomic E-state index is 12.6. The highest BCUT2D eigenvalue weighted by molar-refractivity contribution is 6.03. The highest BCUT2D eigenvalue weighted by Gasteiger charge is 2.35. The van der Waals surface area contributed by atoms with Crippen molar-refractivity contribution in [3.63, 3.8) is 0 Å². The van der Waals surface area contributed by atoms with E-state index in [4.69, 9.17) is 71.4 Å². The van der Waals surface area contributed by atoms with Gasteiger partial charge < -0.3 is 103 Å². The van der Waals surface area contributed by atoms with Crippen LogP contribution in [0.25, 0.3) is 0 Å². The molecule has 39 nitrogen and oxygen atoms in total. The lowest BCUT2D eigenvalue weighted by Crippen LogP contribution is -2.31. The van der Waals surface area contributed by atoms with Gasteiger partial charge in [0.2, 0.25) is 35.4 Å². The quantitative estimate of drug-likeness (QED) is 0.0373. The number of ether oxygens (including phenoxy) is 12. The molecule has 0 saturated carbocycles. The van der Waals surface area contributed by atoms with Crippen LogP contribution in [0.15, 0.2) is 0 Å². The number of hydrogen-bond donors (Lipinski definition) is 6. The number of imide groups is 3. The van der Waals surface area contributed by atoms with Crippen molar-refractivity contribution in [1.82, 2.24) is 47.1 Å². The minimum Gasteiger partial charge on any atom is -0.380 e. The van der Waals surface area contributed by atoms with Gasteiger partial charge in [-0.1, -0.05) is 57.8 Å². The zero-order valence-electron chi connectivity index (χ0n) is 67.1. The fourth-order valence-electron chi connectivity index (χ4n) is 10.7. The molecule has 0 aromatic rings. The zero-order chi connectivity index (χ0) is 83.2. The molecular weight excluding hydrogens is 1520 g/mol. The Bertz CT molecular complexity index is 2490. The summed E-state index contributed by atoms with van der Waals surface area (Å²) in [6.45, 7) is 8.39. The van der Waals surface area contributed by atoms with E-state index in [9.17, 15) is 71.9 Å². The lowest BCUT2D eigenvalue weighted by atomic mass is 10.1. The number of amides is 12. The Morgan fingerprint density at radius 3 is 0.635 bits per heavy atom. The second kappa shape index (κ2) is 69.3. The van der Waals surface area contributed by atoms with Crippen LogP contribution in [0.1, 0.15) is 193 Å². The van der Waals surface area contributed by atoms with E-state index in [2.05, 4.69) is 31.9 Å². The summed E-state index contributed by atoms with van der Waals surface area (Å²) in [6, 6.07) is 0. The summed E-state index contributed by atoms with van der Waals surface area (Å²) in [4.78, 5) is 194. The molecule has 0 aliphatic carbocycles. The Morgan fingerprint density at radius 2 is 0.400 bits per heavy atom. The van der Waals surface area contributed by atoms with Crippen LogP contribution in [0.5, 0.6) is 0 Å². The third kappa shape index (κ3) is 57.0. The highest BCUT2D eigenvalue weighted by Crippen LogP contribution is 2.18. The van der Waals surface area contributed by atoms with Gasteiger partial charge in [-0.15, -0.1) is 15.2 Å². The monoisotopic (exact) mass is 1650 g/mol. The number of carbonyl (C=O) groups excluding carboxylic acids is 15. The molecule has 0 unspecified atom stereocenters. The first-order chi connectivity index (χ1) is 55.9. The van der Waals surface area contributed by atoms with Crippen molar-refractivity contribution in [1.29, 1.82) is 0 Å². The van der Waals surface area contributed by atoms with Crippen molar-refractivity contribution in [3.8, 4) is 0 Å². The van der Waals surface area contributed by atoms with E-state index in [1.807, 2.05) is 0 Å². The highest BCUT2D eigenvalue weighted by atomic mass is 16.7. The average molecular weight is 1650 g/mol. The standard InChI is InChI=1S/C76H127N9O30/c86-62(77-31-13-7-1-4-10-16-74(98)113-83-68(92)19-20-69(83)93)25-37-101-46-52-107-55-49-104-43-34-80-65(89)28-40-110-58-61(59-111-41-29-66(90)81-35-44-105-50-56-108-53-47-102-38-26-63(87)78-32-14-8-2-5-11-17-75(99)114-84-70(94)21-22-71(84)95)60-112-42-30-67(91)82-36-45-106-51-57-109-54-48-103-39-27-64(88)79-33-15-9-3-6-12-18-76(100)115-85-72(96)23-24-73(85)97/h61H,1-60H2,(H,77,86)(H,78,87)(H,79,88)(H,80,89)(H,81,90)(H,82,91). The van der Waals surface area contributed by atoms with E-state index < -0.39 is 53.4 Å². The van der Waals surface area contributed by atoms with Crippen molar-refractivity contribution >= 4 is 88.8 Å². The molecule has 0 spiro atoms. The molecule has 0 aromatic heterocycles. The van der Waals surface area contributed by atoms with Crippen molar-refractivity contribution in [2.75, 3.05) is 198 Å². The molecule has 12 amide bonds. The number of nitrogens with zero attached hydrogens (tertiary/aromatic N) is 3. The van der Waals surface area contributed by atoms with Crippen molar-refractivity contribution in [2.24, 2.45) is 5.92 Å². The first kappa shape index (κ1) is 101. The van der Waals surface area contributed by atoms with Gasteiger partial charge in [-0.25, -0.2) is 14.4 Å². The topological polar surface area (TPSA) is 476 Å². The van der Waals surface area contributed by atoms with Gasteiger partial charge in [-0.05, 0) is 38.5 Å². The van der Waals surface area contributed by atoms with Crippen LogP contribution >= 0.6 is 0 Å². The Balaban J connectivity index is 1.16. The summed E-state index contributed by atoms with van der Waals surface area (Å²) in [5, 5.41) is 18.6. The minimum absolute atomic E-state index is 0.0529. The Morgan fingerprint density at radius 1 is 0.217 bits per heavy atom. The second-order valence-corrected chi connectivity index (χ2v) is 26.9. The molecule has 0 bridgehead atoms. The van der Waals surface area contributed by atoms with Crippen LogP contribution in [-0.2, 0) is 143 Å². The molecule has 3 rings (SSSR count). The average Bonchev–Trinajstić information content (AvgIpc) is 1.75. The Labute approximate surface area is 673 Å². The summed E-state index contributed by atoms with van der Waals surface area (Å²) in [5.41, 5.74) is 0. The van der Waals surface area contributed by atoms with E-state index in [1.54, 1.807) is 0 Å². The lowest BCUT2D eigenvalue weighted by molar-refractivity contribution is -0.197. The molecular formula is C76H127N9O30. The molecule has 3 fully saturated rings. The van der Waals surface area contributed by atoms with E-state index >= 15 is 0 Å². The summed E-state index contributed by atoms with van der Waals surface area (Å²) in [5.74, 6) is -6.21. The molecule has 0 atom stereocenters. The largest absolute Gasteiger partial charge is 0.380 e. The van der Waals surface area contributed by atoms with Crippen LogP contribution in [-0.4, -0.2) is 302 Å². The van der Waals surface area contributed by atoms with Crippen molar-refractivity contribution in [3.05, 3.63) is 0 Å². The van der Waals surface area contributed by atoms with Gasteiger partial charge in [0.25, 0.3) is 35.4 Å². The molecule has 0 aromatic carbocycles. The summed E-state index contributed by atoms with van der Waals surface area (Å²) in [7, 11) is 0. The summed E-state index contributed by atoms with van der Waals surface area (Å²) < 4.78 is 67.2. The van der Waals surface area contributed by atoms with Crippen molar-refractivity contribution in [2.45, 2.75) is 193 Å². The number of nitrogens with one attached hydrogen (secondary N) is 6. The smallest absolute Gasteiger partial charge is 0.333 e. The second-order valence-electron chi connectivity index (χ2n) is 26.9. The molecule has 3 aliphatic rings. The van der Waals surface area contributed by atoms with E-state index in [0.717, 1.165) is 77.0 Å². The predicted octanol–water partition coefficient (Wildman–Crippen LogP) is 1.68. The van der Waals surface area contributed by atoms with Crippen LogP contribution in [0, 0.1) is 5.92 Å². The van der Waals surface area contributed by atoms with Crippen LogP contribution in [0.2, 0.25) is 0 Å². The predicted molar refractivity (Wildman–Crippen MR) is 404 cm³/mol. The number of hydrogen-bond acceptors (Lipinski definition) is 30. The Hall–Kier alpha value is -7.83. The SMILES string of the molecule is O=C(CCOCCOCCOCCNC(=O)CCOCC(COCCC(=O)NCCOCCOCCOCCC(=O)NCCCCCCCC(=O)ON1C(=O)CCC1=O)COCCC(=O)NCCOCCOCCOCCC(=O)NCCCCCCCC(=O)ON1C(=O)CCC1=O)NCCCCCCCC(=O)ON1C(=O)CCC1=O. The van der Waals surface area contributed by atoms with Crippen LogP contribution in [0.4, 0.5) is 0 Å². The third-order valence-corrected chi connectivity index (χ3v) is 17.1. The maximum Gasteiger partial charge on any atom is 0.333 e. The molecule has 3 saturated heterocycles.